The lowest BCUT2D eigenvalue weighted by atomic mass is 9.95. The number of hydrogen-bond acceptors (Lipinski definition) is 4. The highest BCUT2D eigenvalue weighted by atomic mass is 16.5. The van der Waals surface area contributed by atoms with E-state index in [9.17, 15) is 9.59 Å². The van der Waals surface area contributed by atoms with E-state index in [1.165, 1.54) is 7.11 Å². The van der Waals surface area contributed by atoms with E-state index in [2.05, 4.69) is 5.32 Å². The van der Waals surface area contributed by atoms with Crippen LogP contribution < -0.4 is 5.32 Å². The van der Waals surface area contributed by atoms with Crippen molar-refractivity contribution < 1.29 is 19.1 Å². The highest BCUT2D eigenvalue weighted by Gasteiger charge is 2.42. The minimum absolute atomic E-state index is 0.343. The lowest BCUT2D eigenvalue weighted by Gasteiger charge is -2.33. The van der Waals surface area contributed by atoms with Gasteiger partial charge in [-0.25, -0.2) is 4.79 Å². The van der Waals surface area contributed by atoms with E-state index in [-0.39, 0.29) is 5.91 Å². The molecule has 0 bridgehead atoms. The van der Waals surface area contributed by atoms with E-state index in [0.29, 0.717) is 12.2 Å². The lowest BCUT2D eigenvalue weighted by molar-refractivity contribution is -0.153. The molecule has 20 heavy (non-hydrogen) atoms. The Morgan fingerprint density at radius 2 is 1.90 bits per heavy atom. The minimum atomic E-state index is -1.24. The molecule has 1 rings (SSSR count). The third-order valence-electron chi connectivity index (χ3n) is 3.25. The van der Waals surface area contributed by atoms with Crippen molar-refractivity contribution in [2.45, 2.75) is 32.4 Å². The molecule has 0 saturated carbocycles. The number of methoxy groups -OCH3 is 1. The van der Waals surface area contributed by atoms with Gasteiger partial charge in [-0.2, -0.15) is 0 Å². The van der Waals surface area contributed by atoms with Crippen LogP contribution in [0.3, 0.4) is 0 Å². The first kappa shape index (κ1) is 16.2. The van der Waals surface area contributed by atoms with E-state index in [0.717, 1.165) is 0 Å². The normalized spacial score (nSPS) is 15.0. The number of benzene rings is 1. The van der Waals surface area contributed by atoms with Gasteiger partial charge in [0.15, 0.2) is 5.54 Å². The Kier molecular flexibility index (Phi) is 5.70. The van der Waals surface area contributed by atoms with Gasteiger partial charge in [0.2, 0.25) is 0 Å². The average molecular weight is 279 g/mol. The molecule has 0 aromatic heterocycles. The minimum Gasteiger partial charge on any atom is -0.467 e. The van der Waals surface area contributed by atoms with Crippen molar-refractivity contribution in [2.24, 2.45) is 0 Å². The van der Waals surface area contributed by atoms with Gasteiger partial charge >= 0.3 is 5.97 Å². The molecular weight excluding hydrogens is 258 g/mol. The summed E-state index contributed by atoms with van der Waals surface area (Å²) in [5, 5.41) is 2.71. The molecule has 1 N–H and O–H groups in total. The molecule has 1 aromatic rings. The van der Waals surface area contributed by atoms with Crippen LogP contribution in [0, 0.1) is 0 Å². The molecule has 1 amide bonds. The fraction of sp³-hybridized carbons (Fsp3) is 0.467. The number of rotatable bonds is 6. The SMILES string of the molecule is CCO[C@@H](C)[C@](C)(NC(=O)c1ccccc1)C(=O)OC. The molecule has 0 aliphatic carbocycles. The number of hydrogen-bond donors (Lipinski definition) is 1. The Morgan fingerprint density at radius 3 is 2.40 bits per heavy atom. The van der Waals surface area contributed by atoms with Gasteiger partial charge in [-0.15, -0.1) is 0 Å². The molecule has 0 radical (unpaired) electrons. The van der Waals surface area contributed by atoms with Crippen molar-refractivity contribution in [3.05, 3.63) is 35.9 Å². The topological polar surface area (TPSA) is 64.6 Å². The maximum absolute atomic E-state index is 12.2. The molecule has 5 nitrogen and oxygen atoms in total. The van der Waals surface area contributed by atoms with Crippen molar-refractivity contribution in [3.8, 4) is 0 Å². The third-order valence-corrected chi connectivity index (χ3v) is 3.25. The molecule has 0 spiro atoms. The highest BCUT2D eigenvalue weighted by molar-refractivity contribution is 5.98. The quantitative estimate of drug-likeness (QED) is 0.806. The third kappa shape index (κ3) is 3.57. The number of ether oxygens (including phenoxy) is 2. The molecule has 0 saturated heterocycles. The largest absolute Gasteiger partial charge is 0.467 e. The maximum Gasteiger partial charge on any atom is 0.334 e. The zero-order valence-electron chi connectivity index (χ0n) is 12.3. The molecule has 0 unspecified atom stereocenters. The molecule has 0 aliphatic heterocycles. The zero-order valence-corrected chi connectivity index (χ0v) is 12.3. The van der Waals surface area contributed by atoms with Gasteiger partial charge < -0.3 is 14.8 Å². The number of nitrogens with one attached hydrogen (secondary N) is 1. The summed E-state index contributed by atoms with van der Waals surface area (Å²) >= 11 is 0. The standard InChI is InChI=1S/C15H21NO4/c1-5-20-11(2)15(3,14(18)19-4)16-13(17)12-9-7-6-8-10-12/h6-11H,5H2,1-4H3,(H,16,17)/t11-,15-/m0/s1. The van der Waals surface area contributed by atoms with Gasteiger partial charge in [-0.1, -0.05) is 18.2 Å². The predicted octanol–water partition coefficient (Wildman–Crippen LogP) is 1.77. The van der Waals surface area contributed by atoms with Crippen molar-refractivity contribution in [2.75, 3.05) is 13.7 Å². The molecular formula is C15H21NO4. The van der Waals surface area contributed by atoms with Gasteiger partial charge in [0, 0.05) is 12.2 Å². The van der Waals surface area contributed by atoms with Crippen LogP contribution in [0.25, 0.3) is 0 Å². The zero-order chi connectivity index (χ0) is 15.2. The Labute approximate surface area is 119 Å². The summed E-state index contributed by atoms with van der Waals surface area (Å²) in [4.78, 5) is 24.2. The maximum atomic E-state index is 12.2. The fourth-order valence-electron chi connectivity index (χ4n) is 1.84. The Balaban J connectivity index is 2.96. The van der Waals surface area contributed by atoms with Crippen LogP contribution >= 0.6 is 0 Å². The van der Waals surface area contributed by atoms with Crippen LogP contribution in [0.4, 0.5) is 0 Å². The van der Waals surface area contributed by atoms with E-state index in [4.69, 9.17) is 9.47 Å². The van der Waals surface area contributed by atoms with Crippen LogP contribution in [0.5, 0.6) is 0 Å². The molecule has 5 heteroatoms. The molecule has 0 fully saturated rings. The van der Waals surface area contributed by atoms with Crippen LogP contribution in [0.1, 0.15) is 31.1 Å². The summed E-state index contributed by atoms with van der Waals surface area (Å²) < 4.78 is 10.2. The number of carbonyl (C=O) groups excluding carboxylic acids is 2. The van der Waals surface area contributed by atoms with Crippen LogP contribution in [-0.2, 0) is 14.3 Å². The number of carbonyl (C=O) groups is 2. The van der Waals surface area contributed by atoms with Crippen LogP contribution in [0.15, 0.2) is 30.3 Å². The molecule has 0 aliphatic rings. The van der Waals surface area contributed by atoms with Gasteiger partial charge in [0.05, 0.1) is 13.2 Å². The summed E-state index contributed by atoms with van der Waals surface area (Å²) in [6.07, 6.45) is -0.507. The average Bonchev–Trinajstić information content (AvgIpc) is 2.47. The van der Waals surface area contributed by atoms with E-state index < -0.39 is 17.6 Å². The summed E-state index contributed by atoms with van der Waals surface area (Å²) in [6.45, 7) is 5.59. The summed E-state index contributed by atoms with van der Waals surface area (Å²) in [5.41, 5.74) is -0.760. The second-order valence-corrected chi connectivity index (χ2v) is 4.61. The van der Waals surface area contributed by atoms with E-state index in [1.54, 1.807) is 38.1 Å². The van der Waals surface area contributed by atoms with E-state index >= 15 is 0 Å². The molecule has 2 atom stereocenters. The molecule has 1 aromatic carbocycles. The van der Waals surface area contributed by atoms with Crippen LogP contribution in [-0.4, -0.2) is 37.2 Å². The predicted molar refractivity (Wildman–Crippen MR) is 75.4 cm³/mol. The van der Waals surface area contributed by atoms with Gasteiger partial charge in [0.1, 0.15) is 0 Å². The van der Waals surface area contributed by atoms with Gasteiger partial charge in [0.25, 0.3) is 5.91 Å². The highest BCUT2D eigenvalue weighted by Crippen LogP contribution is 2.17. The van der Waals surface area contributed by atoms with E-state index in [1.807, 2.05) is 13.0 Å². The smallest absolute Gasteiger partial charge is 0.334 e. The lowest BCUT2D eigenvalue weighted by Crippen LogP contribution is -2.60. The van der Waals surface area contributed by atoms with Crippen molar-refractivity contribution in [1.29, 1.82) is 0 Å². The Bertz CT molecular complexity index is 460. The van der Waals surface area contributed by atoms with Crippen molar-refractivity contribution >= 4 is 11.9 Å². The Hall–Kier alpha value is -1.88. The summed E-state index contributed by atoms with van der Waals surface area (Å²) in [7, 11) is 1.29. The summed E-state index contributed by atoms with van der Waals surface area (Å²) in [5.74, 6) is -0.882. The van der Waals surface area contributed by atoms with Gasteiger partial charge in [-0.05, 0) is 32.9 Å². The summed E-state index contributed by atoms with van der Waals surface area (Å²) in [6, 6.07) is 8.70. The molecule has 0 heterocycles. The first-order valence-electron chi connectivity index (χ1n) is 6.53. The number of esters is 1. The second kappa shape index (κ2) is 7.05. The Morgan fingerprint density at radius 1 is 1.30 bits per heavy atom. The molecule has 110 valence electrons. The second-order valence-electron chi connectivity index (χ2n) is 4.61. The van der Waals surface area contributed by atoms with Crippen LogP contribution in [0.2, 0.25) is 0 Å². The first-order chi connectivity index (χ1) is 9.45. The van der Waals surface area contributed by atoms with Gasteiger partial charge in [-0.3, -0.25) is 4.79 Å². The number of amides is 1. The van der Waals surface area contributed by atoms with Crippen molar-refractivity contribution in [1.82, 2.24) is 5.32 Å². The van der Waals surface area contributed by atoms with Crippen molar-refractivity contribution in [3.63, 3.8) is 0 Å². The first-order valence-corrected chi connectivity index (χ1v) is 6.53. The fourth-order valence-corrected chi connectivity index (χ4v) is 1.84. The monoisotopic (exact) mass is 279 g/mol.